The number of aromatic nitrogens is 4. The Balaban J connectivity index is 1.82. The molecule has 1 aliphatic heterocycles. The van der Waals surface area contributed by atoms with Crippen LogP contribution in [0.25, 0.3) is 11.5 Å². The number of nitrogens with one attached hydrogen (secondary N) is 1. The van der Waals surface area contributed by atoms with Gasteiger partial charge in [-0.1, -0.05) is 5.16 Å². The molecule has 0 aliphatic carbocycles. The highest BCUT2D eigenvalue weighted by Gasteiger charge is 2.16. The van der Waals surface area contributed by atoms with Gasteiger partial charge in [0, 0.05) is 19.2 Å². The molecule has 0 unspecified atom stereocenters. The first-order valence-electron chi connectivity index (χ1n) is 5.09. The minimum absolute atomic E-state index is 0.621. The molecule has 16 heavy (non-hydrogen) atoms. The Hall–Kier alpha value is -1.89. The van der Waals surface area contributed by atoms with Crippen LogP contribution < -0.4 is 4.90 Å². The van der Waals surface area contributed by atoms with Gasteiger partial charge < -0.3 is 14.2 Å². The molecule has 0 amide bonds. The Morgan fingerprint density at radius 1 is 1.31 bits per heavy atom. The minimum Gasteiger partial charge on any atom is -0.378 e. The van der Waals surface area contributed by atoms with Crippen molar-refractivity contribution in [3.63, 3.8) is 0 Å². The highest BCUT2D eigenvalue weighted by molar-refractivity contribution is 5.49. The number of ether oxygens (including phenoxy) is 1. The van der Waals surface area contributed by atoms with Crippen molar-refractivity contribution in [3.8, 4) is 11.5 Å². The Morgan fingerprint density at radius 3 is 2.94 bits per heavy atom. The molecular formula is C9H11N5O2. The lowest BCUT2D eigenvalue weighted by Crippen LogP contribution is -2.36. The molecule has 0 radical (unpaired) electrons. The zero-order valence-corrected chi connectivity index (χ0v) is 8.59. The highest BCUT2D eigenvalue weighted by Crippen LogP contribution is 2.16. The molecule has 1 N–H and O–H groups in total. The fourth-order valence-corrected chi connectivity index (χ4v) is 1.61. The summed E-state index contributed by atoms with van der Waals surface area (Å²) in [7, 11) is 0. The summed E-state index contributed by atoms with van der Waals surface area (Å²) in [4.78, 5) is 6.43. The van der Waals surface area contributed by atoms with Crippen LogP contribution in [0.2, 0.25) is 0 Å². The third-order valence-electron chi connectivity index (χ3n) is 2.45. The summed E-state index contributed by atoms with van der Waals surface area (Å²) in [6.45, 7) is 3.06. The van der Waals surface area contributed by atoms with Gasteiger partial charge >= 0.3 is 0 Å². The second-order valence-corrected chi connectivity index (χ2v) is 3.47. The van der Waals surface area contributed by atoms with Gasteiger partial charge in [-0.05, 0) is 0 Å². The molecular weight excluding hydrogens is 210 g/mol. The molecule has 0 atom stereocenters. The van der Waals surface area contributed by atoms with Crippen LogP contribution in [0.15, 0.2) is 16.9 Å². The van der Waals surface area contributed by atoms with Crippen LogP contribution in [0.1, 0.15) is 0 Å². The van der Waals surface area contributed by atoms with Crippen LogP contribution in [-0.2, 0) is 4.74 Å². The molecule has 3 rings (SSSR count). The van der Waals surface area contributed by atoms with Gasteiger partial charge in [-0.25, -0.2) is 0 Å². The number of morpholine rings is 1. The van der Waals surface area contributed by atoms with E-state index in [4.69, 9.17) is 9.26 Å². The summed E-state index contributed by atoms with van der Waals surface area (Å²) >= 11 is 0. The molecule has 2 aromatic heterocycles. The smallest absolute Gasteiger partial charge is 0.245 e. The zero-order valence-electron chi connectivity index (χ0n) is 8.59. The maximum Gasteiger partial charge on any atom is 0.245 e. The number of hydrogen-bond acceptors (Lipinski definition) is 6. The number of anilines is 1. The second kappa shape index (κ2) is 3.93. The van der Waals surface area contributed by atoms with Crippen LogP contribution >= 0.6 is 0 Å². The van der Waals surface area contributed by atoms with E-state index < -0.39 is 0 Å². The van der Waals surface area contributed by atoms with E-state index in [-0.39, 0.29) is 0 Å². The van der Waals surface area contributed by atoms with Gasteiger partial charge in [-0.3, -0.25) is 5.10 Å². The molecule has 7 nitrogen and oxygen atoms in total. The van der Waals surface area contributed by atoms with Gasteiger partial charge in [0.25, 0.3) is 0 Å². The van der Waals surface area contributed by atoms with Crippen molar-refractivity contribution < 1.29 is 9.26 Å². The van der Waals surface area contributed by atoms with E-state index in [2.05, 4.69) is 25.2 Å². The Labute approximate surface area is 91.4 Å². The van der Waals surface area contributed by atoms with Gasteiger partial charge in [0.1, 0.15) is 6.26 Å². The molecule has 1 saturated heterocycles. The second-order valence-electron chi connectivity index (χ2n) is 3.47. The van der Waals surface area contributed by atoms with Crippen molar-refractivity contribution >= 4 is 5.95 Å². The lowest BCUT2D eigenvalue weighted by atomic mass is 10.4. The third-order valence-corrected chi connectivity index (χ3v) is 2.45. The average Bonchev–Trinajstić information content (AvgIpc) is 3.01. The van der Waals surface area contributed by atoms with E-state index in [1.54, 1.807) is 6.07 Å². The Morgan fingerprint density at radius 2 is 2.19 bits per heavy atom. The standard InChI is InChI=1S/C9H11N5O2/c1-4-16-13-7(1)8-10-9(12-11-8)14-2-5-15-6-3-14/h1,4H,2-3,5-6H2,(H,10,11,12). The van der Waals surface area contributed by atoms with Crippen LogP contribution in [0.5, 0.6) is 0 Å². The first kappa shape index (κ1) is 9.34. The van der Waals surface area contributed by atoms with Gasteiger partial charge in [-0.15, -0.1) is 5.10 Å². The first-order chi connectivity index (χ1) is 7.93. The number of nitrogens with zero attached hydrogens (tertiary/aromatic N) is 4. The summed E-state index contributed by atoms with van der Waals surface area (Å²) in [5.74, 6) is 1.30. The first-order valence-corrected chi connectivity index (χ1v) is 5.09. The van der Waals surface area contributed by atoms with Crippen LogP contribution in [0, 0.1) is 0 Å². The van der Waals surface area contributed by atoms with Crippen LogP contribution in [0.4, 0.5) is 5.95 Å². The Bertz CT molecular complexity index is 446. The molecule has 0 bridgehead atoms. The minimum atomic E-state index is 0.621. The molecule has 0 aromatic carbocycles. The monoisotopic (exact) mass is 221 g/mol. The van der Waals surface area contributed by atoms with E-state index in [1.165, 1.54) is 6.26 Å². The van der Waals surface area contributed by atoms with Crippen LogP contribution in [-0.4, -0.2) is 46.6 Å². The molecule has 1 fully saturated rings. The molecule has 3 heterocycles. The molecule has 1 aliphatic rings. The summed E-state index contributed by atoms with van der Waals surface area (Å²) in [6, 6.07) is 1.74. The highest BCUT2D eigenvalue weighted by atomic mass is 16.5. The molecule has 0 saturated carbocycles. The van der Waals surface area contributed by atoms with Gasteiger partial charge in [0.2, 0.25) is 5.95 Å². The van der Waals surface area contributed by atoms with Crippen molar-refractivity contribution in [1.82, 2.24) is 20.3 Å². The van der Waals surface area contributed by atoms with Crippen LogP contribution in [0.3, 0.4) is 0 Å². The van der Waals surface area contributed by atoms with E-state index >= 15 is 0 Å². The van der Waals surface area contributed by atoms with E-state index in [1.807, 2.05) is 0 Å². The number of rotatable bonds is 2. The zero-order chi connectivity index (χ0) is 10.8. The summed E-state index contributed by atoms with van der Waals surface area (Å²) in [5, 5.41) is 10.8. The van der Waals surface area contributed by atoms with E-state index in [0.717, 1.165) is 13.1 Å². The average molecular weight is 221 g/mol. The lowest BCUT2D eigenvalue weighted by Gasteiger charge is -2.25. The number of aromatic amines is 1. The van der Waals surface area contributed by atoms with Crippen molar-refractivity contribution in [2.75, 3.05) is 31.2 Å². The summed E-state index contributed by atoms with van der Waals surface area (Å²) < 4.78 is 10.0. The Kier molecular flexibility index (Phi) is 2.30. The summed E-state index contributed by atoms with van der Waals surface area (Å²) in [5.41, 5.74) is 0.659. The van der Waals surface area contributed by atoms with E-state index in [9.17, 15) is 0 Å². The van der Waals surface area contributed by atoms with Gasteiger partial charge in [0.15, 0.2) is 11.5 Å². The van der Waals surface area contributed by atoms with Crippen molar-refractivity contribution in [2.45, 2.75) is 0 Å². The van der Waals surface area contributed by atoms with Gasteiger partial charge in [-0.2, -0.15) is 4.98 Å². The fourth-order valence-electron chi connectivity index (χ4n) is 1.61. The fraction of sp³-hybridized carbons (Fsp3) is 0.444. The number of H-pyrrole nitrogens is 1. The van der Waals surface area contributed by atoms with Crippen molar-refractivity contribution in [2.24, 2.45) is 0 Å². The van der Waals surface area contributed by atoms with Gasteiger partial charge in [0.05, 0.1) is 13.2 Å². The lowest BCUT2D eigenvalue weighted by molar-refractivity contribution is 0.122. The normalized spacial score (nSPS) is 16.6. The van der Waals surface area contributed by atoms with Crippen molar-refractivity contribution in [1.29, 1.82) is 0 Å². The molecule has 7 heteroatoms. The predicted molar refractivity (Wildman–Crippen MR) is 54.9 cm³/mol. The maximum atomic E-state index is 5.27. The quantitative estimate of drug-likeness (QED) is 0.785. The summed E-state index contributed by atoms with van der Waals surface area (Å²) in [6.07, 6.45) is 1.51. The van der Waals surface area contributed by atoms with Crippen molar-refractivity contribution in [3.05, 3.63) is 12.3 Å². The SMILES string of the molecule is c1cc(-c2nc(N3CCOCC3)n[nH]2)no1. The molecule has 0 spiro atoms. The maximum absolute atomic E-state index is 5.27. The number of hydrogen-bond donors (Lipinski definition) is 1. The van der Waals surface area contributed by atoms with E-state index in [0.29, 0.717) is 30.7 Å². The molecule has 2 aromatic rings. The topological polar surface area (TPSA) is 80.1 Å². The predicted octanol–water partition coefficient (Wildman–Crippen LogP) is 0.296. The third kappa shape index (κ3) is 1.65. The molecule has 84 valence electrons. The largest absolute Gasteiger partial charge is 0.378 e.